The first-order valence-corrected chi connectivity index (χ1v) is 9.10. The molecule has 0 aliphatic rings. The standard InChI is InChI=1S/C11H18N2O4S2/c1-13(6-7-18(2,14)15)19(16,17)11-5-3-4-10(8-11)9-12/h3-5,8H,6-7,9,12H2,1-2H3. The molecule has 8 heteroatoms. The largest absolute Gasteiger partial charge is 0.326 e. The van der Waals surface area contributed by atoms with E-state index in [1.165, 1.54) is 19.2 Å². The Bertz CT molecular complexity index is 638. The van der Waals surface area contributed by atoms with Crippen LogP contribution in [-0.2, 0) is 26.4 Å². The topological polar surface area (TPSA) is 97.5 Å². The van der Waals surface area contributed by atoms with Gasteiger partial charge in [-0.1, -0.05) is 12.1 Å². The zero-order valence-corrected chi connectivity index (χ0v) is 12.5. The third kappa shape index (κ3) is 4.57. The van der Waals surface area contributed by atoms with Crippen LogP contribution < -0.4 is 5.73 Å². The van der Waals surface area contributed by atoms with Gasteiger partial charge in [0.2, 0.25) is 10.0 Å². The van der Waals surface area contributed by atoms with Crippen molar-refractivity contribution in [3.63, 3.8) is 0 Å². The van der Waals surface area contributed by atoms with Crippen molar-refractivity contribution < 1.29 is 16.8 Å². The van der Waals surface area contributed by atoms with Gasteiger partial charge < -0.3 is 5.73 Å². The fourth-order valence-electron chi connectivity index (χ4n) is 1.43. The number of benzene rings is 1. The lowest BCUT2D eigenvalue weighted by Crippen LogP contribution is -2.31. The molecule has 0 spiro atoms. The van der Waals surface area contributed by atoms with Gasteiger partial charge in [0.15, 0.2) is 0 Å². The Labute approximate surface area is 114 Å². The molecule has 0 saturated heterocycles. The zero-order valence-electron chi connectivity index (χ0n) is 10.9. The summed E-state index contributed by atoms with van der Waals surface area (Å²) in [6.07, 6.45) is 1.07. The van der Waals surface area contributed by atoms with Crippen molar-refractivity contribution >= 4 is 19.9 Å². The molecule has 108 valence electrons. The normalized spacial score (nSPS) is 12.8. The molecule has 0 heterocycles. The van der Waals surface area contributed by atoms with Crippen molar-refractivity contribution in [1.29, 1.82) is 0 Å². The van der Waals surface area contributed by atoms with Crippen molar-refractivity contribution in [3.8, 4) is 0 Å². The first-order chi connectivity index (χ1) is 8.66. The number of nitrogens with two attached hydrogens (primary N) is 1. The summed E-state index contributed by atoms with van der Waals surface area (Å²) < 4.78 is 47.6. The number of rotatable bonds is 6. The molecular formula is C11H18N2O4S2. The minimum absolute atomic E-state index is 0.0754. The fourth-order valence-corrected chi connectivity index (χ4v) is 3.39. The van der Waals surface area contributed by atoms with Crippen molar-refractivity contribution in [3.05, 3.63) is 29.8 Å². The van der Waals surface area contributed by atoms with E-state index in [4.69, 9.17) is 5.73 Å². The van der Waals surface area contributed by atoms with Gasteiger partial charge in [-0.2, -0.15) is 4.31 Å². The van der Waals surface area contributed by atoms with E-state index in [1.807, 2.05) is 0 Å². The molecule has 19 heavy (non-hydrogen) atoms. The maximum absolute atomic E-state index is 12.2. The highest BCUT2D eigenvalue weighted by molar-refractivity contribution is 7.91. The summed E-state index contributed by atoms with van der Waals surface area (Å²) in [4.78, 5) is 0.117. The second kappa shape index (κ2) is 6.00. The first kappa shape index (κ1) is 16.1. The van der Waals surface area contributed by atoms with Crippen LogP contribution in [-0.4, -0.2) is 46.7 Å². The summed E-state index contributed by atoms with van der Waals surface area (Å²) in [6.45, 7) is 0.171. The first-order valence-electron chi connectivity index (χ1n) is 5.60. The molecule has 0 unspecified atom stereocenters. The van der Waals surface area contributed by atoms with Crippen LogP contribution in [0.1, 0.15) is 5.56 Å². The Morgan fingerprint density at radius 1 is 1.21 bits per heavy atom. The lowest BCUT2D eigenvalue weighted by Gasteiger charge is -2.17. The van der Waals surface area contributed by atoms with Crippen LogP contribution in [0.2, 0.25) is 0 Å². The van der Waals surface area contributed by atoms with Crippen molar-refractivity contribution in [2.45, 2.75) is 11.4 Å². The van der Waals surface area contributed by atoms with Crippen LogP contribution >= 0.6 is 0 Å². The van der Waals surface area contributed by atoms with Gasteiger partial charge in [0, 0.05) is 26.4 Å². The van der Waals surface area contributed by atoms with Crippen LogP contribution in [0.3, 0.4) is 0 Å². The van der Waals surface area contributed by atoms with Crippen LogP contribution in [0.25, 0.3) is 0 Å². The Morgan fingerprint density at radius 3 is 2.37 bits per heavy atom. The molecule has 0 saturated carbocycles. The predicted molar refractivity (Wildman–Crippen MR) is 73.9 cm³/mol. The highest BCUT2D eigenvalue weighted by Crippen LogP contribution is 2.15. The molecule has 0 radical (unpaired) electrons. The molecule has 1 rings (SSSR count). The minimum Gasteiger partial charge on any atom is -0.326 e. The highest BCUT2D eigenvalue weighted by atomic mass is 32.2. The molecule has 1 aromatic rings. The van der Waals surface area contributed by atoms with E-state index < -0.39 is 19.9 Å². The molecule has 0 aliphatic carbocycles. The average molecular weight is 306 g/mol. The Hall–Kier alpha value is -0.960. The van der Waals surface area contributed by atoms with Crippen LogP contribution in [0.5, 0.6) is 0 Å². The lowest BCUT2D eigenvalue weighted by molar-refractivity contribution is 0.484. The van der Waals surface area contributed by atoms with Crippen LogP contribution in [0.15, 0.2) is 29.2 Å². The molecular weight excluding hydrogens is 288 g/mol. The quantitative estimate of drug-likeness (QED) is 0.785. The molecule has 0 atom stereocenters. The Balaban J connectivity index is 2.96. The summed E-state index contributed by atoms with van der Waals surface area (Å²) in [7, 11) is -5.52. The maximum Gasteiger partial charge on any atom is 0.242 e. The van der Waals surface area contributed by atoms with Gasteiger partial charge in [0.05, 0.1) is 10.6 Å². The van der Waals surface area contributed by atoms with E-state index in [2.05, 4.69) is 0 Å². The second-order valence-electron chi connectivity index (χ2n) is 4.31. The van der Waals surface area contributed by atoms with Gasteiger partial charge >= 0.3 is 0 Å². The SMILES string of the molecule is CN(CCS(C)(=O)=O)S(=O)(=O)c1cccc(CN)c1. The molecule has 6 nitrogen and oxygen atoms in total. The number of hydrogen-bond acceptors (Lipinski definition) is 5. The number of nitrogens with zero attached hydrogens (tertiary/aromatic N) is 1. The Morgan fingerprint density at radius 2 is 1.84 bits per heavy atom. The van der Waals surface area contributed by atoms with Gasteiger partial charge in [-0.3, -0.25) is 0 Å². The van der Waals surface area contributed by atoms with E-state index in [0.29, 0.717) is 5.56 Å². The van der Waals surface area contributed by atoms with E-state index in [0.717, 1.165) is 10.6 Å². The molecule has 2 N–H and O–H groups in total. The third-order valence-corrected chi connectivity index (χ3v) is 5.40. The smallest absolute Gasteiger partial charge is 0.242 e. The van der Waals surface area contributed by atoms with E-state index in [9.17, 15) is 16.8 Å². The van der Waals surface area contributed by atoms with E-state index in [-0.39, 0.29) is 23.7 Å². The third-order valence-electron chi connectivity index (χ3n) is 2.62. The minimum atomic E-state index is -3.68. The van der Waals surface area contributed by atoms with Gasteiger partial charge in [0.1, 0.15) is 9.84 Å². The molecule has 0 fully saturated rings. The fraction of sp³-hybridized carbons (Fsp3) is 0.455. The predicted octanol–water partition coefficient (Wildman–Crippen LogP) is -0.190. The maximum atomic E-state index is 12.2. The zero-order chi connectivity index (χ0) is 14.7. The van der Waals surface area contributed by atoms with Gasteiger partial charge in [-0.15, -0.1) is 0 Å². The summed E-state index contributed by atoms with van der Waals surface area (Å²) in [5.41, 5.74) is 6.17. The molecule has 1 aromatic carbocycles. The monoisotopic (exact) mass is 306 g/mol. The van der Waals surface area contributed by atoms with E-state index in [1.54, 1.807) is 12.1 Å². The van der Waals surface area contributed by atoms with Crippen LogP contribution in [0, 0.1) is 0 Å². The molecule has 0 aromatic heterocycles. The summed E-state index contributed by atoms with van der Waals surface area (Å²) in [5.74, 6) is -0.209. The van der Waals surface area contributed by atoms with Crippen LogP contribution in [0.4, 0.5) is 0 Å². The number of hydrogen-bond donors (Lipinski definition) is 1. The summed E-state index contributed by atoms with van der Waals surface area (Å²) in [5, 5.41) is 0. The van der Waals surface area contributed by atoms with E-state index >= 15 is 0 Å². The van der Waals surface area contributed by atoms with Gasteiger partial charge in [0.25, 0.3) is 0 Å². The molecule has 0 amide bonds. The second-order valence-corrected chi connectivity index (χ2v) is 8.61. The van der Waals surface area contributed by atoms with Crippen molar-refractivity contribution in [1.82, 2.24) is 4.31 Å². The summed E-state index contributed by atoms with van der Waals surface area (Å²) >= 11 is 0. The molecule has 0 aliphatic heterocycles. The van der Waals surface area contributed by atoms with Gasteiger partial charge in [-0.25, -0.2) is 16.8 Å². The van der Waals surface area contributed by atoms with Crippen molar-refractivity contribution in [2.24, 2.45) is 5.73 Å². The van der Waals surface area contributed by atoms with Gasteiger partial charge in [-0.05, 0) is 17.7 Å². The molecule has 0 bridgehead atoms. The highest BCUT2D eigenvalue weighted by Gasteiger charge is 2.21. The lowest BCUT2D eigenvalue weighted by atomic mass is 10.2. The average Bonchev–Trinajstić information content (AvgIpc) is 2.35. The summed E-state index contributed by atoms with van der Waals surface area (Å²) in [6, 6.07) is 6.30. The Kier molecular flexibility index (Phi) is 5.08. The number of sulfone groups is 1. The van der Waals surface area contributed by atoms with Crippen molar-refractivity contribution in [2.75, 3.05) is 25.6 Å². The number of sulfonamides is 1.